The Balaban J connectivity index is 1.84. The van der Waals surface area contributed by atoms with Crippen LogP contribution in [0, 0.1) is 12.8 Å². The number of hydrogen-bond donors (Lipinski definition) is 1. The third-order valence-electron chi connectivity index (χ3n) is 4.61. The SMILES string of the molecule is COc1ccc(OC)c(-c2nc(CN3CC[C@@H](CN)C3)c(C)o2)c1. The van der Waals surface area contributed by atoms with Crippen molar-refractivity contribution in [1.82, 2.24) is 9.88 Å². The predicted octanol–water partition coefficient (Wildman–Crippen LogP) is 2.45. The Kier molecular flexibility index (Phi) is 5.06. The van der Waals surface area contributed by atoms with Crippen molar-refractivity contribution >= 4 is 0 Å². The molecule has 1 fully saturated rings. The van der Waals surface area contributed by atoms with E-state index in [-0.39, 0.29) is 0 Å². The van der Waals surface area contributed by atoms with E-state index in [4.69, 9.17) is 24.6 Å². The number of hydrogen-bond acceptors (Lipinski definition) is 6. The number of oxazole rings is 1. The lowest BCUT2D eigenvalue weighted by molar-refractivity contribution is 0.312. The van der Waals surface area contributed by atoms with Crippen molar-refractivity contribution in [3.05, 3.63) is 29.7 Å². The Morgan fingerprint density at radius 1 is 1.33 bits per heavy atom. The maximum atomic E-state index is 5.91. The van der Waals surface area contributed by atoms with Gasteiger partial charge in [-0.3, -0.25) is 4.90 Å². The van der Waals surface area contributed by atoms with E-state index in [2.05, 4.69) is 4.90 Å². The Morgan fingerprint density at radius 2 is 2.17 bits per heavy atom. The van der Waals surface area contributed by atoms with Gasteiger partial charge in [0, 0.05) is 13.1 Å². The smallest absolute Gasteiger partial charge is 0.230 e. The van der Waals surface area contributed by atoms with E-state index in [1.165, 1.54) is 0 Å². The van der Waals surface area contributed by atoms with Crippen molar-refractivity contribution in [3.63, 3.8) is 0 Å². The van der Waals surface area contributed by atoms with E-state index in [1.807, 2.05) is 25.1 Å². The van der Waals surface area contributed by atoms with Crippen molar-refractivity contribution in [1.29, 1.82) is 0 Å². The highest BCUT2D eigenvalue weighted by Crippen LogP contribution is 2.34. The van der Waals surface area contributed by atoms with E-state index in [0.717, 1.165) is 55.4 Å². The van der Waals surface area contributed by atoms with Gasteiger partial charge in [-0.15, -0.1) is 0 Å². The number of aromatic nitrogens is 1. The summed E-state index contributed by atoms with van der Waals surface area (Å²) in [6.07, 6.45) is 1.16. The lowest BCUT2D eigenvalue weighted by Crippen LogP contribution is -2.23. The van der Waals surface area contributed by atoms with Crippen molar-refractivity contribution in [2.75, 3.05) is 33.9 Å². The summed E-state index contributed by atoms with van der Waals surface area (Å²) in [5, 5.41) is 0. The molecule has 1 aromatic heterocycles. The summed E-state index contributed by atoms with van der Waals surface area (Å²) in [4.78, 5) is 7.09. The van der Waals surface area contributed by atoms with Crippen molar-refractivity contribution in [3.8, 4) is 23.0 Å². The van der Waals surface area contributed by atoms with Gasteiger partial charge in [-0.05, 0) is 50.6 Å². The number of rotatable bonds is 6. The molecule has 130 valence electrons. The van der Waals surface area contributed by atoms with Crippen LogP contribution in [-0.2, 0) is 6.54 Å². The van der Waals surface area contributed by atoms with Gasteiger partial charge < -0.3 is 19.6 Å². The average Bonchev–Trinajstić information content (AvgIpc) is 3.21. The van der Waals surface area contributed by atoms with Crippen LogP contribution in [0.3, 0.4) is 0 Å². The molecule has 0 bridgehead atoms. The Labute approximate surface area is 142 Å². The van der Waals surface area contributed by atoms with E-state index in [1.54, 1.807) is 14.2 Å². The quantitative estimate of drug-likeness (QED) is 0.876. The van der Waals surface area contributed by atoms with E-state index in [0.29, 0.717) is 17.6 Å². The number of benzene rings is 1. The second-order valence-corrected chi connectivity index (χ2v) is 6.21. The van der Waals surface area contributed by atoms with E-state index in [9.17, 15) is 0 Å². The van der Waals surface area contributed by atoms with Gasteiger partial charge in [-0.25, -0.2) is 4.98 Å². The summed E-state index contributed by atoms with van der Waals surface area (Å²) >= 11 is 0. The molecule has 2 heterocycles. The van der Waals surface area contributed by atoms with E-state index < -0.39 is 0 Å². The van der Waals surface area contributed by atoms with Crippen molar-refractivity contribution in [2.45, 2.75) is 19.9 Å². The third kappa shape index (κ3) is 3.39. The van der Waals surface area contributed by atoms with Crippen LogP contribution in [0.4, 0.5) is 0 Å². The average molecular weight is 331 g/mol. The van der Waals surface area contributed by atoms with Gasteiger partial charge in [0.1, 0.15) is 17.3 Å². The minimum absolute atomic E-state index is 0.563. The number of nitrogens with two attached hydrogens (primary N) is 1. The zero-order valence-corrected chi connectivity index (χ0v) is 14.5. The van der Waals surface area contributed by atoms with Crippen LogP contribution in [0.5, 0.6) is 11.5 Å². The van der Waals surface area contributed by atoms with Crippen LogP contribution in [0.2, 0.25) is 0 Å². The van der Waals surface area contributed by atoms with Crippen molar-refractivity contribution < 1.29 is 13.9 Å². The molecule has 0 aliphatic carbocycles. The van der Waals surface area contributed by atoms with Gasteiger partial charge in [-0.2, -0.15) is 0 Å². The van der Waals surface area contributed by atoms with Crippen LogP contribution < -0.4 is 15.2 Å². The van der Waals surface area contributed by atoms with Gasteiger partial charge in [0.15, 0.2) is 0 Å². The number of nitrogens with zero attached hydrogens (tertiary/aromatic N) is 2. The molecule has 0 amide bonds. The predicted molar refractivity (Wildman–Crippen MR) is 92.2 cm³/mol. The fourth-order valence-corrected chi connectivity index (χ4v) is 3.13. The van der Waals surface area contributed by atoms with Crippen LogP contribution in [0.25, 0.3) is 11.5 Å². The monoisotopic (exact) mass is 331 g/mol. The molecule has 6 heteroatoms. The topological polar surface area (TPSA) is 73.8 Å². The number of aryl methyl sites for hydroxylation is 1. The normalized spacial score (nSPS) is 18.1. The van der Waals surface area contributed by atoms with Gasteiger partial charge in [0.25, 0.3) is 0 Å². The molecular formula is C18H25N3O3. The van der Waals surface area contributed by atoms with Crippen LogP contribution in [0.1, 0.15) is 17.9 Å². The largest absolute Gasteiger partial charge is 0.497 e. The Bertz CT molecular complexity index is 699. The molecule has 3 rings (SSSR count). The summed E-state index contributed by atoms with van der Waals surface area (Å²) in [5.41, 5.74) is 7.54. The first-order valence-corrected chi connectivity index (χ1v) is 8.25. The van der Waals surface area contributed by atoms with Gasteiger partial charge >= 0.3 is 0 Å². The fourth-order valence-electron chi connectivity index (χ4n) is 3.13. The minimum atomic E-state index is 0.563. The minimum Gasteiger partial charge on any atom is -0.497 e. The first kappa shape index (κ1) is 16.8. The lowest BCUT2D eigenvalue weighted by atomic mass is 10.1. The summed E-state index contributed by atoms with van der Waals surface area (Å²) < 4.78 is 16.6. The maximum absolute atomic E-state index is 5.91. The molecule has 6 nitrogen and oxygen atoms in total. The highest BCUT2D eigenvalue weighted by atomic mass is 16.5. The molecule has 1 aliphatic rings. The van der Waals surface area contributed by atoms with Gasteiger partial charge in [0.05, 0.1) is 25.5 Å². The number of methoxy groups -OCH3 is 2. The zero-order valence-electron chi connectivity index (χ0n) is 14.5. The number of likely N-dealkylation sites (tertiary alicyclic amines) is 1. The molecule has 0 saturated carbocycles. The first-order valence-electron chi connectivity index (χ1n) is 8.25. The zero-order chi connectivity index (χ0) is 17.1. The summed E-state index contributed by atoms with van der Waals surface area (Å²) in [6.45, 7) is 5.58. The number of ether oxygens (including phenoxy) is 2. The molecule has 24 heavy (non-hydrogen) atoms. The second-order valence-electron chi connectivity index (χ2n) is 6.21. The molecule has 2 N–H and O–H groups in total. The van der Waals surface area contributed by atoms with Crippen LogP contribution in [-0.4, -0.2) is 43.7 Å². The second kappa shape index (κ2) is 7.23. The third-order valence-corrected chi connectivity index (χ3v) is 4.61. The van der Waals surface area contributed by atoms with E-state index >= 15 is 0 Å². The molecule has 0 unspecified atom stereocenters. The molecule has 1 saturated heterocycles. The van der Waals surface area contributed by atoms with Crippen molar-refractivity contribution in [2.24, 2.45) is 11.7 Å². The molecule has 0 spiro atoms. The molecular weight excluding hydrogens is 306 g/mol. The highest BCUT2D eigenvalue weighted by Gasteiger charge is 2.24. The molecule has 2 aromatic rings. The molecule has 1 atom stereocenters. The fraction of sp³-hybridized carbons (Fsp3) is 0.500. The lowest BCUT2D eigenvalue weighted by Gasteiger charge is -2.13. The molecule has 0 radical (unpaired) electrons. The van der Waals surface area contributed by atoms with Crippen LogP contribution >= 0.6 is 0 Å². The standard InChI is InChI=1S/C18H25N3O3/c1-12-16(11-21-7-6-13(9-19)10-21)20-18(24-12)15-8-14(22-2)4-5-17(15)23-3/h4-5,8,13H,6-7,9-11,19H2,1-3H3/t13-/m0/s1. The van der Waals surface area contributed by atoms with Gasteiger partial charge in [0.2, 0.25) is 5.89 Å². The first-order chi connectivity index (χ1) is 11.6. The van der Waals surface area contributed by atoms with Crippen LogP contribution in [0.15, 0.2) is 22.6 Å². The summed E-state index contributed by atoms with van der Waals surface area (Å²) in [5.74, 6) is 3.45. The van der Waals surface area contributed by atoms with Gasteiger partial charge in [-0.1, -0.05) is 0 Å². The highest BCUT2D eigenvalue weighted by molar-refractivity contribution is 5.65. The summed E-state index contributed by atoms with van der Waals surface area (Å²) in [6, 6.07) is 5.60. The Hall–Kier alpha value is -2.05. The molecule has 1 aromatic carbocycles. The Morgan fingerprint density at radius 3 is 2.83 bits per heavy atom. The molecule has 1 aliphatic heterocycles. The maximum Gasteiger partial charge on any atom is 0.230 e. The summed E-state index contributed by atoms with van der Waals surface area (Å²) in [7, 11) is 3.28.